The first-order valence-electron chi connectivity index (χ1n) is 7.12. The number of nitrogens with two attached hydrogens (primary N) is 1. The standard InChI is InChI=1S/C17H21ClN2S/c1-4-15(19)17(13-5-7-14(18)8-6-13)21-16-10-11(2)9-12(3)20-16/h5-10,15,17H,4,19H2,1-3H3. The fourth-order valence-corrected chi connectivity index (χ4v) is 3.76. The van der Waals surface area contributed by atoms with Gasteiger partial charge in [-0.3, -0.25) is 0 Å². The summed E-state index contributed by atoms with van der Waals surface area (Å²) in [6, 6.07) is 12.2. The topological polar surface area (TPSA) is 38.9 Å². The molecule has 0 amide bonds. The average Bonchev–Trinajstić information content (AvgIpc) is 2.44. The van der Waals surface area contributed by atoms with Gasteiger partial charge in [-0.05, 0) is 55.7 Å². The van der Waals surface area contributed by atoms with E-state index >= 15 is 0 Å². The number of hydrogen-bond acceptors (Lipinski definition) is 3. The molecule has 2 nitrogen and oxygen atoms in total. The molecule has 0 aliphatic heterocycles. The van der Waals surface area contributed by atoms with Crippen LogP contribution in [0.2, 0.25) is 5.02 Å². The molecular formula is C17H21ClN2S. The van der Waals surface area contributed by atoms with Gasteiger partial charge in [0.25, 0.3) is 0 Å². The van der Waals surface area contributed by atoms with E-state index in [1.807, 2.05) is 19.1 Å². The summed E-state index contributed by atoms with van der Waals surface area (Å²) in [6.07, 6.45) is 0.922. The highest BCUT2D eigenvalue weighted by molar-refractivity contribution is 7.99. The van der Waals surface area contributed by atoms with Gasteiger partial charge in [0.2, 0.25) is 0 Å². The molecule has 1 aromatic heterocycles. The molecule has 2 rings (SSSR count). The van der Waals surface area contributed by atoms with Gasteiger partial charge >= 0.3 is 0 Å². The number of halogens is 1. The van der Waals surface area contributed by atoms with Gasteiger partial charge in [0.1, 0.15) is 0 Å². The quantitative estimate of drug-likeness (QED) is 0.794. The van der Waals surface area contributed by atoms with E-state index in [2.05, 4.69) is 43.1 Å². The average molecular weight is 321 g/mol. The molecule has 0 aliphatic carbocycles. The first kappa shape index (κ1) is 16.3. The monoisotopic (exact) mass is 320 g/mol. The molecule has 0 saturated heterocycles. The van der Waals surface area contributed by atoms with Crippen molar-refractivity contribution in [1.82, 2.24) is 4.98 Å². The summed E-state index contributed by atoms with van der Waals surface area (Å²) in [5.74, 6) is 0. The van der Waals surface area contributed by atoms with E-state index in [0.29, 0.717) is 0 Å². The van der Waals surface area contributed by atoms with Crippen LogP contribution in [0.5, 0.6) is 0 Å². The van der Waals surface area contributed by atoms with Gasteiger partial charge < -0.3 is 5.73 Å². The van der Waals surface area contributed by atoms with Crippen LogP contribution in [0.25, 0.3) is 0 Å². The zero-order valence-electron chi connectivity index (χ0n) is 12.6. The largest absolute Gasteiger partial charge is 0.326 e. The summed E-state index contributed by atoms with van der Waals surface area (Å²) >= 11 is 7.71. The van der Waals surface area contributed by atoms with Crippen molar-refractivity contribution in [2.45, 2.75) is 43.5 Å². The van der Waals surface area contributed by atoms with Crippen molar-refractivity contribution in [3.05, 3.63) is 58.2 Å². The van der Waals surface area contributed by atoms with Crippen LogP contribution in [-0.2, 0) is 0 Å². The van der Waals surface area contributed by atoms with E-state index in [0.717, 1.165) is 22.2 Å². The second kappa shape index (κ2) is 7.30. The molecular weight excluding hydrogens is 300 g/mol. The Kier molecular flexibility index (Phi) is 5.68. The summed E-state index contributed by atoms with van der Waals surface area (Å²) in [6.45, 7) is 6.23. The fraction of sp³-hybridized carbons (Fsp3) is 0.353. The molecule has 2 aromatic rings. The van der Waals surface area contributed by atoms with Crippen molar-refractivity contribution in [2.24, 2.45) is 5.73 Å². The zero-order valence-corrected chi connectivity index (χ0v) is 14.2. The van der Waals surface area contributed by atoms with E-state index in [1.165, 1.54) is 11.1 Å². The van der Waals surface area contributed by atoms with Crippen LogP contribution in [0.1, 0.15) is 35.4 Å². The number of benzene rings is 1. The summed E-state index contributed by atoms with van der Waals surface area (Å²) < 4.78 is 0. The lowest BCUT2D eigenvalue weighted by Gasteiger charge is -2.23. The second-order valence-corrected chi connectivity index (χ2v) is 6.88. The van der Waals surface area contributed by atoms with E-state index < -0.39 is 0 Å². The molecule has 1 heterocycles. The van der Waals surface area contributed by atoms with Crippen molar-refractivity contribution in [2.75, 3.05) is 0 Å². The lowest BCUT2D eigenvalue weighted by Crippen LogP contribution is -2.25. The summed E-state index contributed by atoms with van der Waals surface area (Å²) in [4.78, 5) is 4.61. The Morgan fingerprint density at radius 3 is 2.43 bits per heavy atom. The summed E-state index contributed by atoms with van der Waals surface area (Å²) in [5.41, 5.74) is 9.79. The molecule has 0 saturated carbocycles. The molecule has 0 aliphatic rings. The van der Waals surface area contributed by atoms with Crippen LogP contribution in [0.3, 0.4) is 0 Å². The van der Waals surface area contributed by atoms with Gasteiger partial charge in [-0.25, -0.2) is 4.98 Å². The molecule has 2 atom stereocenters. The smallest absolute Gasteiger partial charge is 0.0972 e. The number of thioether (sulfide) groups is 1. The fourth-order valence-electron chi connectivity index (χ4n) is 2.26. The molecule has 1 aromatic carbocycles. The van der Waals surface area contributed by atoms with Crippen molar-refractivity contribution < 1.29 is 0 Å². The Bertz CT molecular complexity index is 578. The lowest BCUT2D eigenvalue weighted by molar-refractivity contribution is 0.633. The maximum atomic E-state index is 6.33. The van der Waals surface area contributed by atoms with Crippen LogP contribution >= 0.6 is 23.4 Å². The maximum Gasteiger partial charge on any atom is 0.0972 e. The van der Waals surface area contributed by atoms with E-state index in [9.17, 15) is 0 Å². The first-order chi connectivity index (χ1) is 9.99. The van der Waals surface area contributed by atoms with E-state index in [-0.39, 0.29) is 11.3 Å². The molecule has 21 heavy (non-hydrogen) atoms. The van der Waals surface area contributed by atoms with E-state index in [1.54, 1.807) is 11.8 Å². The highest BCUT2D eigenvalue weighted by atomic mass is 35.5. The number of aryl methyl sites for hydroxylation is 2. The first-order valence-corrected chi connectivity index (χ1v) is 8.38. The molecule has 0 spiro atoms. The molecule has 2 N–H and O–H groups in total. The maximum absolute atomic E-state index is 6.33. The van der Waals surface area contributed by atoms with Crippen LogP contribution < -0.4 is 5.73 Å². The van der Waals surface area contributed by atoms with Crippen molar-refractivity contribution >= 4 is 23.4 Å². The molecule has 0 fully saturated rings. The predicted molar refractivity (Wildman–Crippen MR) is 92.0 cm³/mol. The van der Waals surface area contributed by atoms with Crippen LogP contribution in [0.15, 0.2) is 41.4 Å². The number of nitrogens with zero attached hydrogens (tertiary/aromatic N) is 1. The Morgan fingerprint density at radius 1 is 1.19 bits per heavy atom. The summed E-state index contributed by atoms with van der Waals surface area (Å²) in [7, 11) is 0. The summed E-state index contributed by atoms with van der Waals surface area (Å²) in [5, 5.41) is 1.95. The third kappa shape index (κ3) is 4.47. The van der Waals surface area contributed by atoms with Crippen molar-refractivity contribution in [3.8, 4) is 0 Å². The highest BCUT2D eigenvalue weighted by Crippen LogP contribution is 2.38. The SMILES string of the molecule is CCC(N)C(Sc1cc(C)cc(C)n1)c1ccc(Cl)cc1. The Morgan fingerprint density at radius 2 is 1.86 bits per heavy atom. The minimum absolute atomic E-state index is 0.0822. The van der Waals surface area contributed by atoms with Gasteiger partial charge in [0.15, 0.2) is 0 Å². The van der Waals surface area contributed by atoms with Gasteiger partial charge in [-0.15, -0.1) is 0 Å². The van der Waals surface area contributed by atoms with Gasteiger partial charge in [-0.2, -0.15) is 0 Å². The van der Waals surface area contributed by atoms with Crippen LogP contribution in [0, 0.1) is 13.8 Å². The van der Waals surface area contributed by atoms with Crippen molar-refractivity contribution in [3.63, 3.8) is 0 Å². The van der Waals surface area contributed by atoms with Crippen LogP contribution in [-0.4, -0.2) is 11.0 Å². The lowest BCUT2D eigenvalue weighted by atomic mass is 10.0. The molecule has 2 unspecified atom stereocenters. The van der Waals surface area contributed by atoms with Crippen LogP contribution in [0.4, 0.5) is 0 Å². The van der Waals surface area contributed by atoms with Crippen molar-refractivity contribution in [1.29, 1.82) is 0 Å². The minimum atomic E-state index is 0.0822. The Hall–Kier alpha value is -1.03. The highest BCUT2D eigenvalue weighted by Gasteiger charge is 2.20. The van der Waals surface area contributed by atoms with Gasteiger partial charge in [0.05, 0.1) is 10.3 Å². The normalized spacial score (nSPS) is 14.0. The molecule has 0 radical (unpaired) electrons. The minimum Gasteiger partial charge on any atom is -0.326 e. The number of aromatic nitrogens is 1. The zero-order chi connectivity index (χ0) is 15.4. The third-order valence-electron chi connectivity index (χ3n) is 3.38. The Balaban J connectivity index is 2.30. The number of pyridine rings is 1. The molecule has 4 heteroatoms. The predicted octanol–water partition coefficient (Wildman–Crippen LogP) is 4.92. The number of hydrogen-bond donors (Lipinski definition) is 1. The number of rotatable bonds is 5. The Labute approximate surface area is 136 Å². The van der Waals surface area contributed by atoms with E-state index in [4.69, 9.17) is 17.3 Å². The second-order valence-electron chi connectivity index (χ2n) is 5.29. The molecule has 112 valence electrons. The third-order valence-corrected chi connectivity index (χ3v) is 4.96. The molecule has 0 bridgehead atoms. The van der Waals surface area contributed by atoms with Gasteiger partial charge in [-0.1, -0.05) is 42.4 Å². The van der Waals surface area contributed by atoms with Gasteiger partial charge in [0, 0.05) is 16.8 Å².